The maximum atomic E-state index is 4.57. The predicted octanol–water partition coefficient (Wildman–Crippen LogP) is 3.59. The molecular weight excluding hydrogens is 324 g/mol. The zero-order chi connectivity index (χ0) is 17.9. The monoisotopic (exact) mass is 344 g/mol. The lowest BCUT2D eigenvalue weighted by Crippen LogP contribution is -2.17. The number of benzene rings is 1. The van der Waals surface area contributed by atoms with E-state index in [9.17, 15) is 0 Å². The van der Waals surface area contributed by atoms with Crippen LogP contribution in [-0.2, 0) is 6.42 Å². The first-order chi connectivity index (χ1) is 12.7. The number of aryl methyl sites for hydroxylation is 2. The Morgan fingerprint density at radius 1 is 1.08 bits per heavy atom. The van der Waals surface area contributed by atoms with Gasteiger partial charge in [-0.3, -0.25) is 4.98 Å². The summed E-state index contributed by atoms with van der Waals surface area (Å²) in [7, 11) is 0. The van der Waals surface area contributed by atoms with E-state index >= 15 is 0 Å². The van der Waals surface area contributed by atoms with Gasteiger partial charge in [-0.15, -0.1) is 0 Å². The summed E-state index contributed by atoms with van der Waals surface area (Å²) in [4.78, 5) is 13.3. The summed E-state index contributed by atoms with van der Waals surface area (Å²) in [5, 5.41) is 7.91. The number of anilines is 1. The Bertz CT molecular complexity index is 1020. The van der Waals surface area contributed by atoms with Crippen molar-refractivity contribution in [3.63, 3.8) is 0 Å². The lowest BCUT2D eigenvalue weighted by molar-refractivity contribution is 0.838. The van der Waals surface area contributed by atoms with Gasteiger partial charge in [0.2, 0.25) is 0 Å². The number of hydrogen-bond donors (Lipinski definition) is 1. The first-order valence-electron chi connectivity index (χ1n) is 8.68. The first-order valence-corrected chi connectivity index (χ1v) is 8.68. The third-order valence-corrected chi connectivity index (χ3v) is 4.32. The second-order valence-electron chi connectivity index (χ2n) is 6.20. The standard InChI is InChI=1S/C20H20N6/c1-3-16-12-18(26-20(24-16)22-13-23-26)25-19(17-9-4-5-10-21-17)15-8-6-7-14(2)11-15/h4-13,19,25H,3H2,1-2H3. The van der Waals surface area contributed by atoms with Crippen LogP contribution in [0.25, 0.3) is 5.78 Å². The Hall–Kier alpha value is -3.28. The first kappa shape index (κ1) is 16.2. The summed E-state index contributed by atoms with van der Waals surface area (Å²) in [5.41, 5.74) is 4.27. The van der Waals surface area contributed by atoms with E-state index in [1.54, 1.807) is 4.52 Å². The average Bonchev–Trinajstić information content (AvgIpc) is 3.15. The van der Waals surface area contributed by atoms with E-state index in [1.165, 1.54) is 11.9 Å². The molecule has 3 heterocycles. The van der Waals surface area contributed by atoms with Crippen LogP contribution < -0.4 is 5.32 Å². The Balaban J connectivity index is 1.82. The van der Waals surface area contributed by atoms with Gasteiger partial charge < -0.3 is 5.32 Å². The van der Waals surface area contributed by atoms with Crippen molar-refractivity contribution in [1.29, 1.82) is 0 Å². The van der Waals surface area contributed by atoms with Gasteiger partial charge in [0.15, 0.2) is 0 Å². The average molecular weight is 344 g/mol. The molecule has 3 aromatic heterocycles. The molecule has 1 atom stereocenters. The minimum atomic E-state index is -0.101. The highest BCUT2D eigenvalue weighted by atomic mass is 15.4. The molecule has 1 N–H and O–H groups in total. The van der Waals surface area contributed by atoms with Crippen LogP contribution in [-0.4, -0.2) is 24.6 Å². The largest absolute Gasteiger partial charge is 0.357 e. The van der Waals surface area contributed by atoms with Crippen LogP contribution in [0.1, 0.15) is 35.5 Å². The van der Waals surface area contributed by atoms with Crippen molar-refractivity contribution in [1.82, 2.24) is 24.6 Å². The summed E-state index contributed by atoms with van der Waals surface area (Å²) in [6.07, 6.45) is 4.17. The van der Waals surface area contributed by atoms with Gasteiger partial charge in [-0.1, -0.05) is 42.8 Å². The molecule has 0 aliphatic heterocycles. The van der Waals surface area contributed by atoms with E-state index in [4.69, 9.17) is 0 Å². The number of rotatable bonds is 5. The molecule has 0 amide bonds. The Morgan fingerprint density at radius 2 is 2.00 bits per heavy atom. The molecule has 0 radical (unpaired) electrons. The zero-order valence-electron chi connectivity index (χ0n) is 14.8. The molecule has 0 spiro atoms. The van der Waals surface area contributed by atoms with Crippen LogP contribution in [0.2, 0.25) is 0 Å². The van der Waals surface area contributed by atoms with E-state index < -0.39 is 0 Å². The van der Waals surface area contributed by atoms with Gasteiger partial charge in [0.1, 0.15) is 12.1 Å². The molecule has 6 heteroatoms. The quantitative estimate of drug-likeness (QED) is 0.599. The Kier molecular flexibility index (Phi) is 4.31. The minimum Gasteiger partial charge on any atom is -0.357 e. The highest BCUT2D eigenvalue weighted by Crippen LogP contribution is 2.26. The van der Waals surface area contributed by atoms with E-state index in [-0.39, 0.29) is 6.04 Å². The summed E-state index contributed by atoms with van der Waals surface area (Å²) in [6.45, 7) is 4.17. The number of hydrogen-bond acceptors (Lipinski definition) is 5. The van der Waals surface area contributed by atoms with Crippen LogP contribution >= 0.6 is 0 Å². The third-order valence-electron chi connectivity index (χ3n) is 4.32. The van der Waals surface area contributed by atoms with Crippen molar-refractivity contribution in [2.45, 2.75) is 26.3 Å². The fourth-order valence-electron chi connectivity index (χ4n) is 3.02. The molecule has 0 aliphatic carbocycles. The molecule has 4 rings (SSSR count). The topological polar surface area (TPSA) is 68.0 Å². The van der Waals surface area contributed by atoms with Gasteiger partial charge in [0, 0.05) is 18.0 Å². The van der Waals surface area contributed by atoms with Crippen molar-refractivity contribution in [3.8, 4) is 0 Å². The van der Waals surface area contributed by atoms with Gasteiger partial charge in [0.05, 0.1) is 11.7 Å². The molecule has 0 aliphatic rings. The van der Waals surface area contributed by atoms with Gasteiger partial charge in [0.25, 0.3) is 5.78 Å². The summed E-state index contributed by atoms with van der Waals surface area (Å²) < 4.78 is 1.73. The number of pyridine rings is 1. The summed E-state index contributed by atoms with van der Waals surface area (Å²) in [6, 6.07) is 16.3. The maximum absolute atomic E-state index is 4.57. The van der Waals surface area contributed by atoms with Crippen molar-refractivity contribution >= 4 is 11.6 Å². The lowest BCUT2D eigenvalue weighted by Gasteiger charge is -2.21. The number of nitrogens with one attached hydrogen (secondary N) is 1. The molecule has 130 valence electrons. The van der Waals surface area contributed by atoms with Crippen LogP contribution in [0.3, 0.4) is 0 Å². The molecule has 0 bridgehead atoms. The van der Waals surface area contributed by atoms with E-state index in [0.29, 0.717) is 5.78 Å². The zero-order valence-corrected chi connectivity index (χ0v) is 14.8. The fourth-order valence-corrected chi connectivity index (χ4v) is 3.02. The van der Waals surface area contributed by atoms with Crippen LogP contribution in [0.5, 0.6) is 0 Å². The summed E-state index contributed by atoms with van der Waals surface area (Å²) >= 11 is 0. The fraction of sp³-hybridized carbons (Fsp3) is 0.200. The smallest absolute Gasteiger partial charge is 0.254 e. The molecule has 0 saturated carbocycles. The molecule has 1 aromatic carbocycles. The third kappa shape index (κ3) is 3.13. The maximum Gasteiger partial charge on any atom is 0.254 e. The van der Waals surface area contributed by atoms with E-state index in [2.05, 4.69) is 63.5 Å². The summed E-state index contributed by atoms with van der Waals surface area (Å²) in [5.74, 6) is 1.44. The Morgan fingerprint density at radius 3 is 2.77 bits per heavy atom. The lowest BCUT2D eigenvalue weighted by atomic mass is 10.0. The minimum absolute atomic E-state index is 0.101. The van der Waals surface area contributed by atoms with E-state index in [0.717, 1.165) is 29.2 Å². The number of aromatic nitrogens is 5. The molecule has 0 fully saturated rings. The molecule has 0 saturated heterocycles. The van der Waals surface area contributed by atoms with Gasteiger partial charge in [-0.05, 0) is 31.0 Å². The van der Waals surface area contributed by atoms with Crippen LogP contribution in [0.15, 0.2) is 61.1 Å². The second-order valence-corrected chi connectivity index (χ2v) is 6.20. The van der Waals surface area contributed by atoms with Crippen LogP contribution in [0, 0.1) is 6.92 Å². The van der Waals surface area contributed by atoms with Crippen molar-refractivity contribution < 1.29 is 0 Å². The normalized spacial score (nSPS) is 12.2. The second kappa shape index (κ2) is 6.92. The molecule has 4 aromatic rings. The molecule has 26 heavy (non-hydrogen) atoms. The SMILES string of the molecule is CCc1cc(NC(c2cccc(C)c2)c2ccccn2)n2ncnc2n1. The van der Waals surface area contributed by atoms with E-state index in [1.807, 2.05) is 30.5 Å². The van der Waals surface area contributed by atoms with Gasteiger partial charge in [-0.25, -0.2) is 4.98 Å². The van der Waals surface area contributed by atoms with Crippen LogP contribution in [0.4, 0.5) is 5.82 Å². The molecule has 1 unspecified atom stereocenters. The highest BCUT2D eigenvalue weighted by Gasteiger charge is 2.18. The van der Waals surface area contributed by atoms with Crippen molar-refractivity contribution in [2.75, 3.05) is 5.32 Å². The van der Waals surface area contributed by atoms with Crippen molar-refractivity contribution in [3.05, 3.63) is 83.6 Å². The number of fused-ring (bicyclic) bond motifs is 1. The van der Waals surface area contributed by atoms with Crippen molar-refractivity contribution in [2.24, 2.45) is 0 Å². The molecular formula is C20H20N6. The van der Waals surface area contributed by atoms with Gasteiger partial charge >= 0.3 is 0 Å². The number of nitrogens with zero attached hydrogens (tertiary/aromatic N) is 5. The predicted molar refractivity (Wildman–Crippen MR) is 101 cm³/mol. The Labute approximate surface area is 152 Å². The van der Waals surface area contributed by atoms with Gasteiger partial charge in [-0.2, -0.15) is 14.6 Å². The highest BCUT2D eigenvalue weighted by molar-refractivity contribution is 5.49. The molecule has 6 nitrogen and oxygen atoms in total.